The number of rotatable bonds is 8. The maximum atomic E-state index is 12.2. The molecule has 2 aromatic heterocycles. The number of aromatic nitrogens is 3. The van der Waals surface area contributed by atoms with E-state index < -0.39 is 6.04 Å². The fourth-order valence-electron chi connectivity index (χ4n) is 2.32. The number of carbonyl (C=O) groups excluding carboxylic acids is 1. The zero-order valence-corrected chi connectivity index (χ0v) is 16.3. The molecule has 2 atom stereocenters. The van der Waals surface area contributed by atoms with Gasteiger partial charge in [0.25, 0.3) is 0 Å². The smallest absolute Gasteiger partial charge is 0.237 e. The van der Waals surface area contributed by atoms with Crippen LogP contribution < -0.4 is 11.1 Å². The molecule has 1 amide bonds. The molecule has 0 bridgehead atoms. The molecule has 2 unspecified atom stereocenters. The van der Waals surface area contributed by atoms with E-state index in [-0.39, 0.29) is 36.8 Å². The Kier molecular flexibility index (Phi) is 11.0. The maximum Gasteiger partial charge on any atom is 0.237 e. The highest BCUT2D eigenvalue weighted by Crippen LogP contribution is 2.18. The molecule has 0 aliphatic heterocycles. The topological polar surface area (TPSA) is 85.3 Å². The van der Waals surface area contributed by atoms with Crippen molar-refractivity contribution in [3.8, 4) is 0 Å². The Bertz CT molecular complexity index is 625. The third-order valence-electron chi connectivity index (χ3n) is 3.52. The molecule has 0 saturated heterocycles. The van der Waals surface area contributed by atoms with Gasteiger partial charge in [-0.2, -0.15) is 11.8 Å². The summed E-state index contributed by atoms with van der Waals surface area (Å²) in [6.45, 7) is 2.02. The number of nitrogens with one attached hydrogen (secondary N) is 1. The van der Waals surface area contributed by atoms with E-state index in [1.165, 1.54) is 0 Å². The number of fused-ring (bicyclic) bond motifs is 1. The summed E-state index contributed by atoms with van der Waals surface area (Å²) < 4.78 is 1.91. The van der Waals surface area contributed by atoms with E-state index in [2.05, 4.69) is 15.5 Å². The van der Waals surface area contributed by atoms with Crippen LogP contribution in [0.4, 0.5) is 0 Å². The van der Waals surface area contributed by atoms with Crippen molar-refractivity contribution in [3.63, 3.8) is 0 Å². The average molecular weight is 394 g/mol. The first-order valence-electron chi connectivity index (χ1n) is 7.52. The van der Waals surface area contributed by atoms with Crippen molar-refractivity contribution >= 4 is 48.1 Å². The lowest BCUT2D eigenvalue weighted by atomic mass is 10.1. The van der Waals surface area contributed by atoms with Crippen LogP contribution in [-0.2, 0) is 4.79 Å². The molecule has 2 rings (SSSR count). The lowest BCUT2D eigenvalue weighted by molar-refractivity contribution is -0.123. The third kappa shape index (κ3) is 5.81. The van der Waals surface area contributed by atoms with Crippen LogP contribution in [-0.4, -0.2) is 38.6 Å². The Morgan fingerprint density at radius 3 is 2.75 bits per heavy atom. The number of hydrogen-bond acceptors (Lipinski definition) is 5. The molecule has 2 heterocycles. The third-order valence-corrected chi connectivity index (χ3v) is 4.16. The Morgan fingerprint density at radius 2 is 2.08 bits per heavy atom. The first-order chi connectivity index (χ1) is 10.7. The van der Waals surface area contributed by atoms with E-state index in [1.807, 2.05) is 42.0 Å². The second-order valence-corrected chi connectivity index (χ2v) is 6.21. The minimum Gasteiger partial charge on any atom is -0.345 e. The van der Waals surface area contributed by atoms with Crippen molar-refractivity contribution < 1.29 is 4.79 Å². The van der Waals surface area contributed by atoms with Gasteiger partial charge in [-0.3, -0.25) is 9.20 Å². The van der Waals surface area contributed by atoms with E-state index >= 15 is 0 Å². The van der Waals surface area contributed by atoms with Crippen LogP contribution >= 0.6 is 36.6 Å². The molecule has 9 heteroatoms. The SMILES string of the molecule is CCCC(N)C(=O)NC(CCSC)c1nnc2ccccn12.Cl.Cl. The molecule has 0 spiro atoms. The summed E-state index contributed by atoms with van der Waals surface area (Å²) in [5.74, 6) is 1.55. The molecular weight excluding hydrogens is 369 g/mol. The molecule has 6 nitrogen and oxygen atoms in total. The van der Waals surface area contributed by atoms with Crippen LogP contribution in [0.5, 0.6) is 0 Å². The second-order valence-electron chi connectivity index (χ2n) is 5.22. The Balaban J connectivity index is 0.00000264. The zero-order valence-electron chi connectivity index (χ0n) is 13.8. The van der Waals surface area contributed by atoms with Crippen molar-refractivity contribution in [2.75, 3.05) is 12.0 Å². The van der Waals surface area contributed by atoms with Gasteiger partial charge in [-0.25, -0.2) is 0 Å². The molecule has 0 aliphatic carbocycles. The summed E-state index contributed by atoms with van der Waals surface area (Å²) in [6.07, 6.45) is 6.32. The highest BCUT2D eigenvalue weighted by atomic mass is 35.5. The molecule has 3 N–H and O–H groups in total. The van der Waals surface area contributed by atoms with E-state index in [9.17, 15) is 4.79 Å². The number of halogens is 2. The fraction of sp³-hybridized carbons (Fsp3) is 0.533. The first-order valence-corrected chi connectivity index (χ1v) is 8.91. The number of nitrogens with two attached hydrogens (primary N) is 1. The van der Waals surface area contributed by atoms with Gasteiger partial charge in [-0.05, 0) is 37.0 Å². The summed E-state index contributed by atoms with van der Waals surface area (Å²) in [7, 11) is 0. The molecule has 2 aromatic rings. The van der Waals surface area contributed by atoms with Gasteiger partial charge in [0.15, 0.2) is 11.5 Å². The van der Waals surface area contributed by atoms with Crippen molar-refractivity contribution in [1.82, 2.24) is 19.9 Å². The van der Waals surface area contributed by atoms with E-state index in [0.29, 0.717) is 6.42 Å². The van der Waals surface area contributed by atoms with Crippen molar-refractivity contribution in [2.24, 2.45) is 5.73 Å². The maximum absolute atomic E-state index is 12.2. The predicted octanol–water partition coefficient (Wildman–Crippen LogP) is 2.61. The Hall–Kier alpha value is -1.02. The molecule has 0 radical (unpaired) electrons. The van der Waals surface area contributed by atoms with Gasteiger partial charge in [0, 0.05) is 6.20 Å². The van der Waals surface area contributed by atoms with Crippen LogP contribution in [0.15, 0.2) is 24.4 Å². The number of hydrogen-bond donors (Lipinski definition) is 2. The van der Waals surface area contributed by atoms with E-state index in [0.717, 1.165) is 30.1 Å². The standard InChI is InChI=1S/C15H23N5OS.2ClH/c1-3-6-11(16)15(21)17-12(8-10-22-2)14-19-18-13-7-4-5-9-20(13)14;;/h4-5,7,9,11-12H,3,6,8,10,16H2,1-2H3,(H,17,21);2*1H. The van der Waals surface area contributed by atoms with Gasteiger partial charge in [0.05, 0.1) is 12.1 Å². The summed E-state index contributed by atoms with van der Waals surface area (Å²) in [6, 6.07) is 5.09. The van der Waals surface area contributed by atoms with E-state index in [4.69, 9.17) is 5.73 Å². The zero-order chi connectivity index (χ0) is 15.9. The minimum absolute atomic E-state index is 0. The van der Waals surface area contributed by atoms with Gasteiger partial charge >= 0.3 is 0 Å². The summed E-state index contributed by atoms with van der Waals surface area (Å²) in [5, 5.41) is 11.4. The summed E-state index contributed by atoms with van der Waals surface area (Å²) in [4.78, 5) is 12.2. The predicted molar refractivity (Wildman–Crippen MR) is 104 cm³/mol. The van der Waals surface area contributed by atoms with Gasteiger partial charge in [0.1, 0.15) is 0 Å². The Morgan fingerprint density at radius 1 is 1.33 bits per heavy atom. The number of amides is 1. The first kappa shape index (κ1) is 23.0. The van der Waals surface area contributed by atoms with Crippen LogP contribution in [0.2, 0.25) is 0 Å². The quantitative estimate of drug-likeness (QED) is 0.719. The van der Waals surface area contributed by atoms with Gasteiger partial charge in [-0.15, -0.1) is 35.0 Å². The van der Waals surface area contributed by atoms with Crippen LogP contribution in [0.25, 0.3) is 5.65 Å². The molecule has 136 valence electrons. The molecule has 24 heavy (non-hydrogen) atoms. The fourth-order valence-corrected chi connectivity index (χ4v) is 2.79. The van der Waals surface area contributed by atoms with Crippen LogP contribution in [0.3, 0.4) is 0 Å². The minimum atomic E-state index is -0.471. The number of pyridine rings is 1. The molecule has 0 fully saturated rings. The normalized spacial score (nSPS) is 12.8. The number of thioether (sulfide) groups is 1. The summed E-state index contributed by atoms with van der Waals surface area (Å²) in [5.41, 5.74) is 6.69. The van der Waals surface area contributed by atoms with Gasteiger partial charge in [0.2, 0.25) is 5.91 Å². The molecular formula is C15H25Cl2N5OS. The largest absolute Gasteiger partial charge is 0.345 e. The van der Waals surface area contributed by atoms with E-state index in [1.54, 1.807) is 11.8 Å². The van der Waals surface area contributed by atoms with Crippen LogP contribution in [0, 0.1) is 0 Å². The van der Waals surface area contributed by atoms with Crippen LogP contribution in [0.1, 0.15) is 38.1 Å². The van der Waals surface area contributed by atoms with Crippen molar-refractivity contribution in [2.45, 2.75) is 38.3 Å². The number of carbonyl (C=O) groups is 1. The highest BCUT2D eigenvalue weighted by molar-refractivity contribution is 7.98. The number of nitrogens with zero attached hydrogens (tertiary/aromatic N) is 3. The summed E-state index contributed by atoms with van der Waals surface area (Å²) >= 11 is 1.74. The monoisotopic (exact) mass is 393 g/mol. The molecule has 0 aromatic carbocycles. The second kappa shape index (κ2) is 11.5. The van der Waals surface area contributed by atoms with Gasteiger partial charge in [-0.1, -0.05) is 19.4 Å². The highest BCUT2D eigenvalue weighted by Gasteiger charge is 2.22. The lowest BCUT2D eigenvalue weighted by Gasteiger charge is -2.19. The average Bonchev–Trinajstić information content (AvgIpc) is 2.95. The van der Waals surface area contributed by atoms with Gasteiger partial charge < -0.3 is 11.1 Å². The van der Waals surface area contributed by atoms with Crippen molar-refractivity contribution in [3.05, 3.63) is 30.2 Å². The molecule has 0 saturated carbocycles. The Labute approximate surface area is 159 Å². The molecule has 0 aliphatic rings. The van der Waals surface area contributed by atoms with Crippen molar-refractivity contribution in [1.29, 1.82) is 0 Å². The lowest BCUT2D eigenvalue weighted by Crippen LogP contribution is -2.42.